The minimum Gasteiger partial charge on any atom is -0.493 e. The zero-order valence-electron chi connectivity index (χ0n) is 13.8. The molecule has 2 rings (SSSR count). The van der Waals surface area contributed by atoms with E-state index in [2.05, 4.69) is 5.32 Å². The molecule has 1 fully saturated rings. The molecular weight excluding hydrogens is 345 g/mol. The number of piperazine rings is 1. The fraction of sp³-hybridized carbons (Fsp3) is 0.625. The Morgan fingerprint density at radius 1 is 1.21 bits per heavy atom. The van der Waals surface area contributed by atoms with Crippen molar-refractivity contribution in [3.63, 3.8) is 0 Å². The van der Waals surface area contributed by atoms with Crippen molar-refractivity contribution in [2.75, 3.05) is 40.4 Å². The number of alkyl halides is 3. The molecule has 1 aromatic carbocycles. The van der Waals surface area contributed by atoms with E-state index in [1.165, 1.54) is 14.2 Å². The quantitative estimate of drug-likeness (QED) is 0.833. The van der Waals surface area contributed by atoms with Gasteiger partial charge < -0.3 is 14.8 Å². The van der Waals surface area contributed by atoms with E-state index in [0.717, 1.165) is 13.1 Å². The van der Waals surface area contributed by atoms with Gasteiger partial charge >= 0.3 is 6.18 Å². The van der Waals surface area contributed by atoms with Gasteiger partial charge in [0.25, 0.3) is 0 Å². The van der Waals surface area contributed by atoms with Crippen LogP contribution in [0.15, 0.2) is 12.1 Å². The van der Waals surface area contributed by atoms with Crippen molar-refractivity contribution in [3.05, 3.63) is 22.7 Å². The second-order valence-corrected chi connectivity index (χ2v) is 6.04. The van der Waals surface area contributed by atoms with Crippen LogP contribution in [0.5, 0.6) is 11.5 Å². The fourth-order valence-electron chi connectivity index (χ4n) is 2.99. The topological polar surface area (TPSA) is 33.7 Å². The van der Waals surface area contributed by atoms with E-state index < -0.39 is 18.6 Å². The lowest BCUT2D eigenvalue weighted by atomic mass is 9.98. The van der Waals surface area contributed by atoms with Gasteiger partial charge in [-0.3, -0.25) is 4.90 Å². The normalized spacial score (nSPS) is 17.6. The van der Waals surface area contributed by atoms with Gasteiger partial charge in [-0.05, 0) is 18.1 Å². The maximum atomic E-state index is 12.8. The van der Waals surface area contributed by atoms with Crippen LogP contribution in [-0.4, -0.2) is 51.5 Å². The van der Waals surface area contributed by atoms with Crippen molar-refractivity contribution < 1.29 is 22.6 Å². The summed E-state index contributed by atoms with van der Waals surface area (Å²) in [5, 5.41) is 3.52. The minimum atomic E-state index is -4.20. The Morgan fingerprint density at radius 3 is 2.42 bits per heavy atom. The van der Waals surface area contributed by atoms with Gasteiger partial charge in [-0.2, -0.15) is 13.2 Å². The van der Waals surface area contributed by atoms with Crippen LogP contribution in [-0.2, 0) is 0 Å². The number of nitrogens with one attached hydrogen (secondary N) is 1. The molecule has 8 heteroatoms. The molecule has 1 aromatic rings. The molecule has 1 atom stereocenters. The van der Waals surface area contributed by atoms with Crippen molar-refractivity contribution >= 4 is 11.6 Å². The zero-order chi connectivity index (χ0) is 17.7. The van der Waals surface area contributed by atoms with Crippen LogP contribution in [0.2, 0.25) is 5.02 Å². The van der Waals surface area contributed by atoms with Crippen LogP contribution in [0, 0.1) is 0 Å². The number of methoxy groups -OCH3 is 2. The Hall–Kier alpha value is -1.18. The lowest BCUT2D eigenvalue weighted by Gasteiger charge is -2.36. The molecule has 24 heavy (non-hydrogen) atoms. The molecule has 136 valence electrons. The highest BCUT2D eigenvalue weighted by molar-refractivity contribution is 6.33. The Morgan fingerprint density at radius 2 is 1.88 bits per heavy atom. The third-order valence-corrected chi connectivity index (χ3v) is 4.56. The van der Waals surface area contributed by atoms with Gasteiger partial charge in [0, 0.05) is 38.6 Å². The highest BCUT2D eigenvalue weighted by atomic mass is 35.5. The largest absolute Gasteiger partial charge is 0.493 e. The maximum Gasteiger partial charge on any atom is 0.389 e. The lowest BCUT2D eigenvalue weighted by molar-refractivity contribution is -0.138. The number of hydrogen-bond donors (Lipinski definition) is 1. The summed E-state index contributed by atoms with van der Waals surface area (Å²) in [6, 6.07) is 3.00. The first-order valence-corrected chi connectivity index (χ1v) is 8.17. The van der Waals surface area contributed by atoms with E-state index in [1.807, 2.05) is 4.90 Å². The van der Waals surface area contributed by atoms with Gasteiger partial charge in [-0.1, -0.05) is 17.7 Å². The number of benzene rings is 1. The molecule has 1 heterocycles. The molecule has 1 aliphatic rings. The lowest BCUT2D eigenvalue weighted by Crippen LogP contribution is -2.45. The number of hydrogen-bond acceptors (Lipinski definition) is 4. The van der Waals surface area contributed by atoms with Crippen molar-refractivity contribution in [1.82, 2.24) is 10.2 Å². The monoisotopic (exact) mass is 366 g/mol. The van der Waals surface area contributed by atoms with Crippen molar-refractivity contribution in [2.45, 2.75) is 25.1 Å². The molecule has 1 N–H and O–H groups in total. The van der Waals surface area contributed by atoms with Crippen LogP contribution in [0.4, 0.5) is 13.2 Å². The Labute approximate surface area is 144 Å². The SMILES string of the molecule is COc1ccc([C@H](CCC(F)(F)F)N2CCNCC2)c(Cl)c1OC. The first-order valence-electron chi connectivity index (χ1n) is 7.79. The Balaban J connectivity index is 2.34. The molecule has 1 aliphatic heterocycles. The van der Waals surface area contributed by atoms with Crippen LogP contribution in [0.25, 0.3) is 0 Å². The Kier molecular flexibility index (Phi) is 6.60. The summed E-state index contributed by atoms with van der Waals surface area (Å²) in [5.41, 5.74) is 0.639. The van der Waals surface area contributed by atoms with E-state index in [0.29, 0.717) is 35.2 Å². The number of rotatable bonds is 6. The van der Waals surface area contributed by atoms with Crippen molar-refractivity contribution in [1.29, 1.82) is 0 Å². The Bertz CT molecular complexity index is 549. The van der Waals surface area contributed by atoms with Crippen molar-refractivity contribution in [3.8, 4) is 11.5 Å². The molecule has 0 spiro atoms. The molecular formula is C16H22ClF3N2O2. The van der Waals surface area contributed by atoms with E-state index in [9.17, 15) is 13.2 Å². The molecule has 0 saturated carbocycles. The third-order valence-electron chi connectivity index (χ3n) is 4.17. The van der Waals surface area contributed by atoms with Gasteiger partial charge in [-0.25, -0.2) is 0 Å². The molecule has 0 aliphatic carbocycles. The van der Waals surface area contributed by atoms with Gasteiger partial charge in [0.2, 0.25) is 0 Å². The van der Waals surface area contributed by atoms with E-state index >= 15 is 0 Å². The summed E-state index contributed by atoms with van der Waals surface area (Å²) in [6.45, 7) is 2.83. The first-order chi connectivity index (χ1) is 11.4. The molecule has 0 radical (unpaired) electrons. The second-order valence-electron chi connectivity index (χ2n) is 5.66. The standard InChI is InChI=1S/C16H22ClF3N2O2/c1-23-13-4-3-11(14(17)15(13)24-2)12(5-6-16(18,19)20)22-9-7-21-8-10-22/h3-4,12,21H,5-10H2,1-2H3/t12-/m0/s1. The minimum absolute atomic E-state index is 0.0430. The van der Waals surface area contributed by atoms with Gasteiger partial charge in [0.05, 0.1) is 19.2 Å². The highest BCUT2D eigenvalue weighted by Crippen LogP contribution is 2.43. The van der Waals surface area contributed by atoms with Crippen molar-refractivity contribution in [2.24, 2.45) is 0 Å². The third kappa shape index (κ3) is 4.68. The van der Waals surface area contributed by atoms with E-state index in [-0.39, 0.29) is 6.42 Å². The van der Waals surface area contributed by atoms with Crippen LogP contribution >= 0.6 is 11.6 Å². The molecule has 0 amide bonds. The highest BCUT2D eigenvalue weighted by Gasteiger charge is 2.33. The zero-order valence-corrected chi connectivity index (χ0v) is 14.5. The molecule has 4 nitrogen and oxygen atoms in total. The molecule has 0 unspecified atom stereocenters. The van der Waals surface area contributed by atoms with Gasteiger partial charge in [-0.15, -0.1) is 0 Å². The average molecular weight is 367 g/mol. The number of nitrogens with zero attached hydrogens (tertiary/aromatic N) is 1. The number of halogens is 4. The first kappa shape index (κ1) is 19.1. The molecule has 0 aromatic heterocycles. The predicted molar refractivity (Wildman–Crippen MR) is 87.0 cm³/mol. The summed E-state index contributed by atoms with van der Waals surface area (Å²) in [6.07, 6.45) is -5.10. The van der Waals surface area contributed by atoms with Crippen LogP contribution in [0.1, 0.15) is 24.4 Å². The predicted octanol–water partition coefficient (Wildman–Crippen LogP) is 3.65. The molecule has 1 saturated heterocycles. The van der Waals surface area contributed by atoms with E-state index in [1.54, 1.807) is 12.1 Å². The smallest absolute Gasteiger partial charge is 0.389 e. The van der Waals surface area contributed by atoms with Crippen LogP contribution in [0.3, 0.4) is 0 Å². The second kappa shape index (κ2) is 8.27. The summed E-state index contributed by atoms with van der Waals surface area (Å²) < 4.78 is 48.7. The summed E-state index contributed by atoms with van der Waals surface area (Å²) >= 11 is 6.43. The fourth-order valence-corrected chi connectivity index (χ4v) is 3.35. The van der Waals surface area contributed by atoms with E-state index in [4.69, 9.17) is 21.1 Å². The maximum absolute atomic E-state index is 12.8. The average Bonchev–Trinajstić information content (AvgIpc) is 2.56. The summed E-state index contributed by atoms with van der Waals surface area (Å²) in [7, 11) is 2.95. The van der Waals surface area contributed by atoms with Crippen LogP contribution < -0.4 is 14.8 Å². The van der Waals surface area contributed by atoms with Gasteiger partial charge in [0.1, 0.15) is 0 Å². The number of ether oxygens (including phenoxy) is 2. The summed E-state index contributed by atoms with van der Waals surface area (Å²) in [5.74, 6) is 0.810. The summed E-state index contributed by atoms with van der Waals surface area (Å²) in [4.78, 5) is 2.04. The molecule has 0 bridgehead atoms. The van der Waals surface area contributed by atoms with Gasteiger partial charge in [0.15, 0.2) is 11.5 Å².